The first-order valence-electron chi connectivity index (χ1n) is 16.4. The van der Waals surface area contributed by atoms with Crippen molar-refractivity contribution in [2.75, 3.05) is 0 Å². The van der Waals surface area contributed by atoms with Crippen LogP contribution in [0.2, 0.25) is 0 Å². The van der Waals surface area contributed by atoms with E-state index in [-0.39, 0.29) is 0 Å². The molecule has 0 amide bonds. The van der Waals surface area contributed by atoms with E-state index >= 15 is 0 Å². The van der Waals surface area contributed by atoms with Gasteiger partial charge < -0.3 is 0 Å². The number of hydrogen-bond donors (Lipinski definition) is 0. The van der Waals surface area contributed by atoms with Crippen molar-refractivity contribution in [3.8, 4) is 0 Å². The fourth-order valence-electron chi connectivity index (χ4n) is 5.03. The minimum atomic E-state index is 1.28. The Morgan fingerprint density at radius 1 is 0.294 bits per heavy atom. The van der Waals surface area contributed by atoms with Crippen molar-refractivity contribution < 1.29 is 0 Å². The summed E-state index contributed by atoms with van der Waals surface area (Å²) in [6.07, 6.45) is 48.9. The first-order valence-corrected chi connectivity index (χ1v) is 16.4. The van der Waals surface area contributed by atoms with Crippen LogP contribution in [0.15, 0.2) is 12.2 Å². The summed E-state index contributed by atoms with van der Waals surface area (Å²) in [5, 5.41) is 0. The third kappa shape index (κ3) is 31.7. The number of allylic oxidation sites excluding steroid dienone is 2. The monoisotopic (exact) mass is 476 g/mol. The van der Waals surface area contributed by atoms with E-state index in [4.69, 9.17) is 0 Å². The zero-order valence-electron chi connectivity index (χ0n) is 24.2. The van der Waals surface area contributed by atoms with Crippen LogP contribution in [0.25, 0.3) is 0 Å². The second kappa shape index (κ2) is 32.7. The Kier molecular flexibility index (Phi) is 32.5. The summed E-state index contributed by atoms with van der Waals surface area (Å²) in [6, 6.07) is 0. The maximum atomic E-state index is 2.41. The zero-order chi connectivity index (χ0) is 24.6. The molecular weight excluding hydrogens is 408 g/mol. The summed E-state index contributed by atoms with van der Waals surface area (Å²) in [4.78, 5) is 0. The molecule has 0 aliphatic carbocycles. The van der Waals surface area contributed by atoms with E-state index in [2.05, 4.69) is 32.4 Å². The number of rotatable bonds is 30. The van der Waals surface area contributed by atoms with Gasteiger partial charge >= 0.3 is 0 Å². The van der Waals surface area contributed by atoms with E-state index in [1.165, 1.54) is 186 Å². The van der Waals surface area contributed by atoms with Crippen molar-refractivity contribution in [2.24, 2.45) is 0 Å². The van der Waals surface area contributed by atoms with Crippen LogP contribution in [-0.2, 0) is 0 Å². The molecule has 0 spiro atoms. The predicted octanol–water partition coefficient (Wildman–Crippen LogP) is 13.1. The minimum absolute atomic E-state index is 1.28. The van der Waals surface area contributed by atoms with Gasteiger partial charge in [-0.1, -0.05) is 193 Å². The molecule has 0 heterocycles. The van der Waals surface area contributed by atoms with Crippen molar-refractivity contribution >= 4 is 0 Å². The summed E-state index contributed by atoms with van der Waals surface area (Å²) < 4.78 is 0. The molecule has 0 rings (SSSR count). The Hall–Kier alpha value is -0.260. The second-order valence-electron chi connectivity index (χ2n) is 11.1. The maximum Gasteiger partial charge on any atom is -0.0171 e. The lowest BCUT2D eigenvalue weighted by atomic mass is 10.0. The van der Waals surface area contributed by atoms with Crippen LogP contribution < -0.4 is 0 Å². The van der Waals surface area contributed by atoms with E-state index in [9.17, 15) is 0 Å². The van der Waals surface area contributed by atoms with Crippen molar-refractivity contribution in [3.63, 3.8) is 0 Å². The summed E-state index contributed by atoms with van der Waals surface area (Å²) in [6.45, 7) is 4.61. The van der Waals surface area contributed by atoms with Gasteiger partial charge in [-0.3, -0.25) is 0 Å². The molecule has 0 fully saturated rings. The normalized spacial score (nSPS) is 11.7. The van der Waals surface area contributed by atoms with Gasteiger partial charge in [-0.25, -0.2) is 0 Å². The van der Waals surface area contributed by atoms with Crippen molar-refractivity contribution in [1.82, 2.24) is 0 Å². The Morgan fingerprint density at radius 2 is 0.559 bits per heavy atom. The Labute approximate surface area is 218 Å². The number of hydrogen-bond acceptors (Lipinski definition) is 0. The van der Waals surface area contributed by atoms with Crippen LogP contribution >= 0.6 is 0 Å². The molecule has 34 heavy (non-hydrogen) atoms. The summed E-state index contributed by atoms with van der Waals surface area (Å²) in [5.41, 5.74) is 0. The van der Waals surface area contributed by atoms with Crippen LogP contribution in [0, 0.1) is 6.42 Å². The van der Waals surface area contributed by atoms with Gasteiger partial charge in [0.05, 0.1) is 0 Å². The van der Waals surface area contributed by atoms with E-state index < -0.39 is 0 Å². The SMILES string of the molecule is CCCCCCCCCCCCCCC[CH]C=CCCCCCCCCCCCCCCCC. The van der Waals surface area contributed by atoms with E-state index in [0.29, 0.717) is 0 Å². The molecule has 0 aromatic carbocycles. The van der Waals surface area contributed by atoms with Gasteiger partial charge in [-0.2, -0.15) is 0 Å². The Morgan fingerprint density at radius 3 is 0.882 bits per heavy atom. The van der Waals surface area contributed by atoms with Crippen LogP contribution in [0.3, 0.4) is 0 Å². The van der Waals surface area contributed by atoms with Crippen molar-refractivity contribution in [2.45, 2.75) is 200 Å². The standard InChI is InChI=1S/C34H67/c1-3-5-7-9-11-13-15-17-19-21-23-25-27-29-31-33-34-32-30-28-26-24-22-20-18-16-14-12-10-8-6-4-2/h31,33-34H,3-30,32H2,1-2H3. The number of unbranched alkanes of at least 4 members (excludes halogenated alkanes) is 28. The Bertz CT molecular complexity index is 321. The first kappa shape index (κ1) is 33.7. The molecule has 0 N–H and O–H groups in total. The molecule has 0 nitrogen and oxygen atoms in total. The highest BCUT2D eigenvalue weighted by atomic mass is 14.0. The Balaban J connectivity index is 3.07. The highest BCUT2D eigenvalue weighted by Gasteiger charge is 1.95. The second-order valence-corrected chi connectivity index (χ2v) is 11.1. The van der Waals surface area contributed by atoms with Crippen molar-refractivity contribution in [1.29, 1.82) is 0 Å². The fourth-order valence-corrected chi connectivity index (χ4v) is 5.03. The molecule has 0 aromatic heterocycles. The topological polar surface area (TPSA) is 0 Å². The summed E-state index contributed by atoms with van der Waals surface area (Å²) >= 11 is 0. The average Bonchev–Trinajstić information content (AvgIpc) is 2.85. The molecule has 1 radical (unpaired) electrons. The van der Waals surface area contributed by atoms with E-state index in [1.54, 1.807) is 0 Å². The lowest BCUT2D eigenvalue weighted by Crippen LogP contribution is -1.83. The van der Waals surface area contributed by atoms with Gasteiger partial charge in [0.2, 0.25) is 0 Å². The lowest BCUT2D eigenvalue weighted by molar-refractivity contribution is 0.536. The smallest absolute Gasteiger partial charge is 0.0171 e. The molecule has 0 aliphatic heterocycles. The van der Waals surface area contributed by atoms with Crippen LogP contribution in [0.1, 0.15) is 200 Å². The third-order valence-corrected chi connectivity index (χ3v) is 7.47. The van der Waals surface area contributed by atoms with Gasteiger partial charge in [0.1, 0.15) is 0 Å². The highest BCUT2D eigenvalue weighted by molar-refractivity contribution is 4.94. The maximum absolute atomic E-state index is 2.41. The average molecular weight is 476 g/mol. The van der Waals surface area contributed by atoms with Gasteiger partial charge in [0.15, 0.2) is 0 Å². The first-order chi connectivity index (χ1) is 16.9. The van der Waals surface area contributed by atoms with Crippen LogP contribution in [0.4, 0.5) is 0 Å². The van der Waals surface area contributed by atoms with E-state index in [0.717, 1.165) is 0 Å². The molecule has 203 valence electrons. The quantitative estimate of drug-likeness (QED) is 0.0906. The fraction of sp³-hybridized carbons (Fsp3) is 0.912. The third-order valence-electron chi connectivity index (χ3n) is 7.47. The highest BCUT2D eigenvalue weighted by Crippen LogP contribution is 2.15. The largest absolute Gasteiger partial charge is 0.0882 e. The van der Waals surface area contributed by atoms with Gasteiger partial charge in [-0.15, -0.1) is 0 Å². The molecule has 0 atom stereocenters. The van der Waals surface area contributed by atoms with Crippen LogP contribution in [-0.4, -0.2) is 0 Å². The predicted molar refractivity (Wildman–Crippen MR) is 159 cm³/mol. The minimum Gasteiger partial charge on any atom is -0.0882 e. The molecule has 0 saturated heterocycles. The van der Waals surface area contributed by atoms with Crippen molar-refractivity contribution in [3.05, 3.63) is 18.6 Å². The molecule has 0 heteroatoms. The van der Waals surface area contributed by atoms with E-state index in [1.807, 2.05) is 0 Å². The summed E-state index contributed by atoms with van der Waals surface area (Å²) in [7, 11) is 0. The molecule has 0 aromatic rings. The van der Waals surface area contributed by atoms with Gasteiger partial charge in [0, 0.05) is 0 Å². The van der Waals surface area contributed by atoms with Gasteiger partial charge in [-0.05, 0) is 25.7 Å². The molecule has 0 saturated carbocycles. The molecular formula is C34H67. The van der Waals surface area contributed by atoms with Gasteiger partial charge in [0.25, 0.3) is 0 Å². The molecule has 0 unspecified atom stereocenters. The molecule has 0 bridgehead atoms. The summed E-state index contributed by atoms with van der Waals surface area (Å²) in [5.74, 6) is 0. The molecule has 0 aliphatic rings. The zero-order valence-corrected chi connectivity index (χ0v) is 24.2. The van der Waals surface area contributed by atoms with Crippen LogP contribution in [0.5, 0.6) is 0 Å². The lowest BCUT2D eigenvalue weighted by Gasteiger charge is -2.03.